The Hall–Kier alpha value is -3.46. The molecule has 146 valence electrons. The zero-order valence-corrected chi connectivity index (χ0v) is 15.1. The summed E-state index contributed by atoms with van der Waals surface area (Å²) in [7, 11) is 0. The molecule has 1 aliphatic rings. The van der Waals surface area contributed by atoms with Gasteiger partial charge in [-0.2, -0.15) is 0 Å². The average Bonchev–Trinajstić information content (AvgIpc) is 2.69. The molecular formula is C15H21N10O3+3. The minimum atomic E-state index is -0.956. The van der Waals surface area contributed by atoms with E-state index < -0.39 is 30.5 Å². The van der Waals surface area contributed by atoms with Crippen LogP contribution in [0.5, 0.6) is 0 Å². The highest BCUT2D eigenvalue weighted by Crippen LogP contribution is 2.27. The Bertz CT molecular complexity index is 815. The summed E-state index contributed by atoms with van der Waals surface area (Å²) < 4.78 is 11.7. The van der Waals surface area contributed by atoms with E-state index in [0.717, 1.165) is 5.56 Å². The summed E-state index contributed by atoms with van der Waals surface area (Å²) in [5, 5.41) is 13.9. The van der Waals surface area contributed by atoms with Crippen LogP contribution in [0.3, 0.4) is 0 Å². The molecule has 1 heterocycles. The second-order valence-electron chi connectivity index (χ2n) is 5.90. The molecule has 1 aromatic carbocycles. The SMILES string of the molecule is CC(=O)N[C@H]1[C@@H](OCc2ccccc2)O[C@@H](CN=[N+]=N)[C@@H](N=[N+]=N)[C@H]1N=[N+]=N. The Labute approximate surface area is 159 Å². The van der Waals surface area contributed by atoms with Gasteiger partial charge in [-0.1, -0.05) is 30.3 Å². The summed E-state index contributed by atoms with van der Waals surface area (Å²) in [6.07, 6.45) is -1.74. The van der Waals surface area contributed by atoms with Gasteiger partial charge in [-0.3, -0.25) is 4.79 Å². The van der Waals surface area contributed by atoms with Crippen LogP contribution in [-0.2, 0) is 20.9 Å². The molecule has 1 aliphatic heterocycles. The highest BCUT2D eigenvalue weighted by atomic mass is 16.7. The fourth-order valence-corrected chi connectivity index (χ4v) is 2.90. The minimum absolute atomic E-state index is 0.0603. The maximum atomic E-state index is 11.7. The third-order valence-corrected chi connectivity index (χ3v) is 4.04. The third-order valence-electron chi connectivity index (χ3n) is 4.04. The van der Waals surface area contributed by atoms with Gasteiger partial charge in [-0.15, -0.1) is 0 Å². The van der Waals surface area contributed by atoms with Gasteiger partial charge in [-0.05, 0) is 5.56 Å². The number of nitrogens with zero attached hydrogens (tertiary/aromatic N) is 6. The predicted molar refractivity (Wildman–Crippen MR) is 91.8 cm³/mol. The second-order valence-corrected chi connectivity index (χ2v) is 5.90. The average molecular weight is 389 g/mol. The lowest BCUT2D eigenvalue weighted by molar-refractivity contribution is -0.220. The zero-order chi connectivity index (χ0) is 20.4. The smallest absolute Gasteiger partial charge is 0.217 e. The van der Waals surface area contributed by atoms with Crippen molar-refractivity contribution in [2.24, 2.45) is 15.3 Å². The summed E-state index contributed by atoms with van der Waals surface area (Å²) >= 11 is 0. The molecule has 0 radical (unpaired) electrons. The first-order valence-corrected chi connectivity index (χ1v) is 8.35. The van der Waals surface area contributed by atoms with E-state index in [1.165, 1.54) is 6.92 Å². The van der Waals surface area contributed by atoms with Crippen LogP contribution in [0.4, 0.5) is 0 Å². The van der Waals surface area contributed by atoms with Crippen molar-refractivity contribution in [3.05, 3.63) is 35.9 Å². The Morgan fingerprint density at radius 2 is 1.82 bits per heavy atom. The fraction of sp³-hybridized carbons (Fsp3) is 0.533. The number of amides is 1. The second kappa shape index (κ2) is 10.6. The van der Waals surface area contributed by atoms with Gasteiger partial charge in [-0.25, -0.2) is 0 Å². The van der Waals surface area contributed by atoms with Crippen molar-refractivity contribution in [2.75, 3.05) is 6.54 Å². The highest BCUT2D eigenvalue weighted by Gasteiger charge is 2.53. The molecular weight excluding hydrogens is 368 g/mol. The summed E-state index contributed by atoms with van der Waals surface area (Å²) in [5.41, 5.74) is 21.9. The molecule has 1 saturated heterocycles. The molecule has 13 nitrogen and oxygen atoms in total. The van der Waals surface area contributed by atoms with E-state index >= 15 is 0 Å². The molecule has 0 bridgehead atoms. The van der Waals surface area contributed by atoms with Crippen LogP contribution >= 0.6 is 0 Å². The van der Waals surface area contributed by atoms with E-state index in [9.17, 15) is 4.79 Å². The topological polar surface area (TPSA) is 198 Å². The predicted octanol–water partition coefficient (Wildman–Crippen LogP) is 0.821. The molecule has 1 amide bonds. The number of carbonyl (C=O) groups is 1. The number of hydrogen-bond donors (Lipinski definition) is 4. The Morgan fingerprint density at radius 1 is 1.14 bits per heavy atom. The first-order valence-electron chi connectivity index (χ1n) is 8.35. The number of carbonyl (C=O) groups excluding carboxylic acids is 1. The summed E-state index contributed by atoms with van der Waals surface area (Å²) in [6.45, 7) is 1.46. The molecule has 5 atom stereocenters. The molecule has 1 aromatic rings. The van der Waals surface area contributed by atoms with E-state index in [2.05, 4.69) is 35.4 Å². The van der Waals surface area contributed by atoms with Crippen molar-refractivity contribution in [1.29, 1.82) is 16.6 Å². The number of nitrogens with one attached hydrogen (secondary N) is 4. The molecule has 13 heteroatoms. The lowest BCUT2D eigenvalue weighted by atomic mass is 9.92. The van der Waals surface area contributed by atoms with Crippen LogP contribution in [0.25, 0.3) is 0 Å². The number of rotatable bonds is 8. The van der Waals surface area contributed by atoms with Crippen LogP contribution in [0.15, 0.2) is 45.7 Å². The van der Waals surface area contributed by atoms with Crippen LogP contribution in [0, 0.1) is 16.6 Å². The molecule has 0 aromatic heterocycles. The Balaban J connectivity index is 2.34. The van der Waals surface area contributed by atoms with Crippen molar-refractivity contribution < 1.29 is 14.3 Å². The molecule has 2 rings (SSSR count). The number of ether oxygens (including phenoxy) is 2. The van der Waals surface area contributed by atoms with Crippen molar-refractivity contribution >= 4 is 5.91 Å². The standard InChI is InChI=1S/C15H20N10O3/c1-9(26)20-14-13(22-25-18)12(21-24-17)11(7-19-23-16)28-15(14)27-8-10-5-3-2-4-6-10/h2-6,11-18H,7-8H2,1H3/q+2/p+1/t11-,12+,13+,14+,15-/m0/s1. The van der Waals surface area contributed by atoms with Crippen LogP contribution in [0.1, 0.15) is 12.5 Å². The van der Waals surface area contributed by atoms with Crippen molar-refractivity contribution in [3.8, 4) is 0 Å². The van der Waals surface area contributed by atoms with Crippen molar-refractivity contribution in [3.63, 3.8) is 0 Å². The Kier molecular flexibility index (Phi) is 7.92. The largest absolute Gasteiger partial charge is 0.346 e. The lowest BCUT2D eigenvalue weighted by Crippen LogP contribution is -2.63. The fourth-order valence-electron chi connectivity index (χ4n) is 2.90. The normalized spacial score (nSPS) is 26.1. The van der Waals surface area contributed by atoms with E-state index in [0.29, 0.717) is 0 Å². The molecule has 0 saturated carbocycles. The third kappa shape index (κ3) is 5.52. The minimum Gasteiger partial charge on any atom is -0.346 e. The quantitative estimate of drug-likeness (QED) is 0.377. The van der Waals surface area contributed by atoms with Gasteiger partial charge in [0.25, 0.3) is 0 Å². The number of benzene rings is 1. The van der Waals surface area contributed by atoms with Gasteiger partial charge >= 0.3 is 0 Å². The van der Waals surface area contributed by atoms with Gasteiger partial charge in [0.2, 0.25) is 20.6 Å². The Morgan fingerprint density at radius 3 is 2.43 bits per heavy atom. The van der Waals surface area contributed by atoms with E-state index in [1.807, 2.05) is 30.3 Å². The molecule has 4 N–H and O–H groups in total. The molecule has 1 fully saturated rings. The van der Waals surface area contributed by atoms with Crippen LogP contribution in [-0.4, -0.2) is 43.0 Å². The molecule has 28 heavy (non-hydrogen) atoms. The van der Waals surface area contributed by atoms with Crippen LogP contribution in [0.2, 0.25) is 0 Å². The molecule has 0 spiro atoms. The maximum absolute atomic E-state index is 11.7. The van der Waals surface area contributed by atoms with E-state index in [4.69, 9.17) is 26.1 Å². The zero-order valence-electron chi connectivity index (χ0n) is 15.1. The van der Waals surface area contributed by atoms with Gasteiger partial charge in [0.05, 0.1) is 6.61 Å². The highest BCUT2D eigenvalue weighted by molar-refractivity contribution is 5.73. The molecule has 0 unspecified atom stereocenters. The van der Waals surface area contributed by atoms with Gasteiger partial charge in [0.15, 0.2) is 24.9 Å². The first-order chi connectivity index (χ1) is 13.6. The summed E-state index contributed by atoms with van der Waals surface area (Å²) in [5.74, 6) is -0.363. The van der Waals surface area contributed by atoms with Crippen LogP contribution < -0.4 is 20.1 Å². The van der Waals surface area contributed by atoms with Gasteiger partial charge < -0.3 is 14.8 Å². The maximum Gasteiger partial charge on any atom is 0.217 e. The first kappa shape index (κ1) is 20.8. The lowest BCUT2D eigenvalue weighted by Gasteiger charge is -2.38. The monoisotopic (exact) mass is 389 g/mol. The van der Waals surface area contributed by atoms with Gasteiger partial charge in [0.1, 0.15) is 44.1 Å². The number of hydrogen-bond acceptors (Lipinski definition) is 9. The van der Waals surface area contributed by atoms with Crippen molar-refractivity contribution in [2.45, 2.75) is 44.1 Å². The van der Waals surface area contributed by atoms with E-state index in [-0.39, 0.29) is 19.1 Å². The van der Waals surface area contributed by atoms with Crippen molar-refractivity contribution in [1.82, 2.24) is 20.1 Å². The summed E-state index contributed by atoms with van der Waals surface area (Å²) in [6, 6.07) is 6.79. The van der Waals surface area contributed by atoms with Gasteiger partial charge in [0, 0.05) is 6.92 Å². The summed E-state index contributed by atoms with van der Waals surface area (Å²) in [4.78, 5) is 20.8. The molecule has 0 aliphatic carbocycles. The van der Waals surface area contributed by atoms with E-state index in [1.54, 1.807) is 0 Å².